The third kappa shape index (κ3) is 11.4. The molecule has 8 aromatic rings. The van der Waals surface area contributed by atoms with Crippen LogP contribution in [0.5, 0.6) is 0 Å². The molecule has 298 valence electrons. The Morgan fingerprint density at radius 2 is 0.333 bits per heavy atom. The van der Waals surface area contributed by atoms with E-state index < -0.39 is 0 Å². The molecule has 0 saturated heterocycles. The summed E-state index contributed by atoms with van der Waals surface area (Å²) in [4.78, 5) is 7.57. The normalized spacial score (nSPS) is 11.0. The van der Waals surface area contributed by atoms with Gasteiger partial charge in [-0.05, 0) is 153 Å². The molecule has 0 aromatic heterocycles. The van der Waals surface area contributed by atoms with Gasteiger partial charge in [-0.3, -0.25) is 0 Å². The predicted molar refractivity (Wildman–Crippen MR) is 278 cm³/mol. The van der Waals surface area contributed by atoms with E-state index in [0.29, 0.717) is 0 Å². The third-order valence-electron chi connectivity index (χ3n) is 10.2. The van der Waals surface area contributed by atoms with Crippen molar-refractivity contribution in [3.63, 3.8) is 0 Å². The first-order valence-electron chi connectivity index (χ1n) is 19.1. The Bertz CT molecular complexity index is 2280. The topological polar surface area (TPSA) is 0 Å². The SMILES string of the molecule is Sc1ccc(C(=C(c2ccc(S)cc2)c2ccc(S)cc2)c2ccc(S)cc2)cc1.Sc1ccc(C(c2ccc(S)cc2)C(c2ccc(S)cc2)c2ccc(S)cc2)cc1. The smallest absolute Gasteiger partial charge is 0.0199 e. The molecule has 0 unspecified atom stereocenters. The summed E-state index contributed by atoms with van der Waals surface area (Å²) in [5.74, 6) is 0.258. The zero-order valence-electron chi connectivity index (χ0n) is 32.2. The number of benzene rings is 8. The Morgan fingerprint density at radius 1 is 0.200 bits per heavy atom. The van der Waals surface area contributed by atoms with Crippen LogP contribution in [0.1, 0.15) is 56.3 Å². The first kappa shape index (κ1) is 44.4. The number of rotatable bonds is 9. The predicted octanol–water partition coefficient (Wildman–Crippen LogP) is 15.7. The molecular weight excluding hydrogens is 881 g/mol. The molecule has 0 heterocycles. The van der Waals surface area contributed by atoms with E-state index in [4.69, 9.17) is 0 Å². The minimum Gasteiger partial charge on any atom is -0.143 e. The fraction of sp³-hybridized carbons (Fsp3) is 0.0385. The fourth-order valence-corrected chi connectivity index (χ4v) is 8.50. The molecule has 0 aliphatic carbocycles. The minimum absolute atomic E-state index is 0.129. The van der Waals surface area contributed by atoms with Gasteiger partial charge in [0.1, 0.15) is 0 Å². The molecule has 8 rings (SSSR count). The van der Waals surface area contributed by atoms with Crippen molar-refractivity contribution >= 4 is 112 Å². The molecule has 0 N–H and O–H groups in total. The molecule has 0 nitrogen and oxygen atoms in total. The lowest BCUT2D eigenvalue weighted by molar-refractivity contribution is 0.692. The van der Waals surface area contributed by atoms with E-state index in [0.717, 1.165) is 72.6 Å². The van der Waals surface area contributed by atoms with Crippen molar-refractivity contribution in [1.82, 2.24) is 0 Å². The van der Waals surface area contributed by atoms with E-state index >= 15 is 0 Å². The molecule has 0 radical (unpaired) electrons. The van der Waals surface area contributed by atoms with Crippen LogP contribution in [0.3, 0.4) is 0 Å². The van der Waals surface area contributed by atoms with Crippen LogP contribution in [0.25, 0.3) is 11.1 Å². The first-order valence-corrected chi connectivity index (χ1v) is 22.7. The second kappa shape index (κ2) is 20.9. The highest BCUT2D eigenvalue weighted by atomic mass is 32.1. The van der Waals surface area contributed by atoms with Crippen LogP contribution in [0.15, 0.2) is 233 Å². The van der Waals surface area contributed by atoms with Gasteiger partial charge in [0.15, 0.2) is 0 Å². The van der Waals surface area contributed by atoms with Crippen molar-refractivity contribution in [2.45, 2.75) is 51.0 Å². The largest absolute Gasteiger partial charge is 0.143 e. The van der Waals surface area contributed by atoms with Gasteiger partial charge >= 0.3 is 0 Å². The van der Waals surface area contributed by atoms with Crippen molar-refractivity contribution in [2.24, 2.45) is 0 Å². The Morgan fingerprint density at radius 3 is 0.483 bits per heavy atom. The van der Waals surface area contributed by atoms with Crippen molar-refractivity contribution in [2.75, 3.05) is 0 Å². The van der Waals surface area contributed by atoms with Gasteiger partial charge in [0, 0.05) is 51.0 Å². The van der Waals surface area contributed by atoms with Gasteiger partial charge in [-0.1, -0.05) is 97.1 Å². The van der Waals surface area contributed by atoms with Crippen molar-refractivity contribution < 1.29 is 0 Å². The lowest BCUT2D eigenvalue weighted by Crippen LogP contribution is -2.15. The van der Waals surface area contributed by atoms with E-state index in [9.17, 15) is 0 Å². The molecule has 0 aliphatic rings. The Hall–Kier alpha value is -3.70. The van der Waals surface area contributed by atoms with Crippen molar-refractivity contribution in [1.29, 1.82) is 0 Å². The van der Waals surface area contributed by atoms with Gasteiger partial charge < -0.3 is 0 Å². The highest BCUT2D eigenvalue weighted by Crippen LogP contribution is 2.44. The minimum atomic E-state index is 0.129. The highest BCUT2D eigenvalue weighted by molar-refractivity contribution is 7.81. The summed E-state index contributed by atoms with van der Waals surface area (Å²) in [5, 5.41) is 0. The van der Waals surface area contributed by atoms with E-state index in [1.807, 2.05) is 48.5 Å². The highest BCUT2D eigenvalue weighted by Gasteiger charge is 2.28. The molecule has 0 fully saturated rings. The molecule has 0 saturated carbocycles. The summed E-state index contributed by atoms with van der Waals surface area (Å²) in [6, 6.07) is 67.0. The summed E-state index contributed by atoms with van der Waals surface area (Å²) >= 11 is 35.8. The monoisotopic (exact) mass is 922 g/mol. The molecule has 8 heteroatoms. The van der Waals surface area contributed by atoms with Crippen LogP contribution in [0.2, 0.25) is 0 Å². The Kier molecular flexibility index (Phi) is 15.5. The second-order valence-electron chi connectivity index (χ2n) is 14.3. The van der Waals surface area contributed by atoms with Gasteiger partial charge in [-0.2, -0.15) is 0 Å². The summed E-state index contributed by atoms with van der Waals surface area (Å²) in [6.45, 7) is 0. The molecule has 0 bridgehead atoms. The van der Waals surface area contributed by atoms with Crippen LogP contribution in [0, 0.1) is 0 Å². The average molecular weight is 923 g/mol. The number of hydrogen-bond donors (Lipinski definition) is 8. The van der Waals surface area contributed by atoms with Gasteiger partial charge in [0.05, 0.1) is 0 Å². The van der Waals surface area contributed by atoms with E-state index in [1.165, 1.54) is 22.3 Å². The average Bonchev–Trinajstić information content (AvgIpc) is 3.26. The standard InChI is InChI=1S/C26H22S4.C26H20S4/c2*27-21-9-1-17(2-10-21)25(18-3-11-22(28)12-4-18)26(19-5-13-23(29)14-6-19)20-7-15-24(30)16-8-20/h1-16,25-30H;1-16,27-30H. The van der Waals surface area contributed by atoms with Gasteiger partial charge in [-0.25, -0.2) is 0 Å². The molecular formula is C52H42S8. The van der Waals surface area contributed by atoms with Crippen molar-refractivity contribution in [3.05, 3.63) is 239 Å². The summed E-state index contributed by atoms with van der Waals surface area (Å²) in [6.07, 6.45) is 0. The molecule has 0 atom stereocenters. The maximum absolute atomic E-state index is 4.49. The molecule has 60 heavy (non-hydrogen) atoms. The number of hydrogen-bond acceptors (Lipinski definition) is 8. The zero-order valence-corrected chi connectivity index (χ0v) is 39.4. The Balaban J connectivity index is 0.000000181. The van der Waals surface area contributed by atoms with Crippen molar-refractivity contribution in [3.8, 4) is 0 Å². The fourth-order valence-electron chi connectivity index (χ4n) is 7.30. The van der Waals surface area contributed by atoms with Gasteiger partial charge in [0.2, 0.25) is 0 Å². The summed E-state index contributed by atoms with van der Waals surface area (Å²) in [5.41, 5.74) is 11.8. The quantitative estimate of drug-likeness (QED) is 0.0514. The van der Waals surface area contributed by atoms with E-state index in [-0.39, 0.29) is 11.8 Å². The van der Waals surface area contributed by atoms with Crippen LogP contribution < -0.4 is 0 Å². The van der Waals surface area contributed by atoms with Crippen LogP contribution in [-0.2, 0) is 0 Å². The Labute approximate surface area is 398 Å². The van der Waals surface area contributed by atoms with Gasteiger partial charge in [-0.15, -0.1) is 101 Å². The lowest BCUT2D eigenvalue weighted by Gasteiger charge is -2.30. The number of thiol groups is 8. The molecule has 8 aromatic carbocycles. The van der Waals surface area contributed by atoms with E-state index in [1.54, 1.807) is 0 Å². The second-order valence-corrected chi connectivity index (χ2v) is 18.4. The van der Waals surface area contributed by atoms with E-state index in [2.05, 4.69) is 247 Å². The third-order valence-corrected chi connectivity index (χ3v) is 12.6. The van der Waals surface area contributed by atoms with Crippen LogP contribution in [-0.4, -0.2) is 0 Å². The summed E-state index contributed by atoms with van der Waals surface area (Å²) in [7, 11) is 0. The first-order chi connectivity index (χ1) is 29.0. The lowest BCUT2D eigenvalue weighted by atomic mass is 9.74. The molecule has 0 amide bonds. The van der Waals surface area contributed by atoms with Gasteiger partial charge in [0.25, 0.3) is 0 Å². The maximum Gasteiger partial charge on any atom is 0.0199 e. The zero-order chi connectivity index (χ0) is 42.2. The maximum atomic E-state index is 4.49. The van der Waals surface area contributed by atoms with Crippen LogP contribution in [0.4, 0.5) is 0 Å². The molecule has 0 aliphatic heterocycles. The summed E-state index contributed by atoms with van der Waals surface area (Å²) < 4.78 is 0. The molecule has 0 spiro atoms. The van der Waals surface area contributed by atoms with Crippen LogP contribution >= 0.6 is 101 Å².